The van der Waals surface area contributed by atoms with Gasteiger partial charge in [-0.05, 0) is 37.3 Å². The summed E-state index contributed by atoms with van der Waals surface area (Å²) in [7, 11) is 2.52. The van der Waals surface area contributed by atoms with Gasteiger partial charge in [-0.15, -0.1) is 0 Å². The zero-order valence-electron chi connectivity index (χ0n) is 17.8. The first-order valence-corrected chi connectivity index (χ1v) is 9.96. The molecule has 0 spiro atoms. The molecule has 31 heavy (non-hydrogen) atoms. The first-order valence-electron chi connectivity index (χ1n) is 9.96. The predicted octanol–water partition coefficient (Wildman–Crippen LogP) is 2.06. The molecule has 0 bridgehead atoms. The van der Waals surface area contributed by atoms with Crippen LogP contribution in [0.25, 0.3) is 0 Å². The summed E-state index contributed by atoms with van der Waals surface area (Å²) in [6.07, 6.45) is 6.12. The lowest BCUT2D eigenvalue weighted by Gasteiger charge is -2.25. The minimum absolute atomic E-state index is 0.171. The van der Waals surface area contributed by atoms with E-state index in [9.17, 15) is 19.2 Å². The van der Waals surface area contributed by atoms with Crippen molar-refractivity contribution in [2.45, 2.75) is 19.4 Å². The first kappa shape index (κ1) is 23.9. The number of nitrogens with one attached hydrogen (secondary N) is 1. The topological polar surface area (TPSA) is 108 Å². The number of methoxy groups -OCH3 is 2. The Labute approximate surface area is 181 Å². The molecule has 0 saturated heterocycles. The molecule has 8 nitrogen and oxygen atoms in total. The number of carbonyl (C=O) groups is 4. The highest BCUT2D eigenvalue weighted by Gasteiger charge is 2.47. The molecule has 1 aliphatic rings. The van der Waals surface area contributed by atoms with Crippen molar-refractivity contribution < 1.29 is 33.4 Å². The normalized spacial score (nSPS) is 22.9. The van der Waals surface area contributed by atoms with Gasteiger partial charge in [-0.25, -0.2) is 9.59 Å². The van der Waals surface area contributed by atoms with E-state index >= 15 is 0 Å². The Bertz CT molecular complexity index is 847. The Balaban J connectivity index is 2.39. The first-order chi connectivity index (χ1) is 14.9. The lowest BCUT2D eigenvalue weighted by molar-refractivity contribution is -0.149. The summed E-state index contributed by atoms with van der Waals surface area (Å²) < 4.78 is 14.5. The molecular formula is C23H27NO7. The average molecular weight is 429 g/mol. The summed E-state index contributed by atoms with van der Waals surface area (Å²) in [6, 6.07) is 7.95. The van der Waals surface area contributed by atoms with Crippen molar-refractivity contribution in [1.82, 2.24) is 5.32 Å². The van der Waals surface area contributed by atoms with Crippen molar-refractivity contribution in [2.75, 3.05) is 20.8 Å². The molecule has 1 amide bonds. The number of carbonyl (C=O) groups excluding carboxylic acids is 4. The quantitative estimate of drug-likeness (QED) is 0.383. The van der Waals surface area contributed by atoms with Crippen LogP contribution in [-0.4, -0.2) is 50.7 Å². The Kier molecular flexibility index (Phi) is 8.99. The number of esters is 3. The molecule has 0 aliphatic heterocycles. The average Bonchev–Trinajstić information content (AvgIpc) is 3.13. The highest BCUT2D eigenvalue weighted by Crippen LogP contribution is 2.39. The molecule has 2 rings (SSSR count). The van der Waals surface area contributed by atoms with E-state index in [4.69, 9.17) is 4.74 Å². The van der Waals surface area contributed by atoms with E-state index in [0.29, 0.717) is 12.0 Å². The fraction of sp³-hybridized carbons (Fsp3) is 0.391. The Morgan fingerprint density at radius 1 is 0.968 bits per heavy atom. The van der Waals surface area contributed by atoms with Crippen molar-refractivity contribution >= 4 is 23.8 Å². The van der Waals surface area contributed by atoms with E-state index in [1.807, 2.05) is 0 Å². The molecule has 0 heterocycles. The monoisotopic (exact) mass is 429 g/mol. The smallest absolute Gasteiger partial charge is 0.330 e. The van der Waals surface area contributed by atoms with Gasteiger partial charge in [0.1, 0.15) is 0 Å². The zero-order chi connectivity index (χ0) is 22.8. The fourth-order valence-electron chi connectivity index (χ4n) is 3.66. The Hall–Kier alpha value is -3.42. The van der Waals surface area contributed by atoms with Crippen molar-refractivity contribution in [3.05, 3.63) is 60.2 Å². The maximum absolute atomic E-state index is 12.8. The molecule has 8 heteroatoms. The van der Waals surface area contributed by atoms with Gasteiger partial charge >= 0.3 is 17.9 Å². The Morgan fingerprint density at radius 3 is 2.10 bits per heavy atom. The summed E-state index contributed by atoms with van der Waals surface area (Å²) in [6.45, 7) is 1.86. The van der Waals surface area contributed by atoms with Crippen molar-refractivity contribution in [3.8, 4) is 0 Å². The van der Waals surface area contributed by atoms with Gasteiger partial charge in [0, 0.05) is 23.8 Å². The van der Waals surface area contributed by atoms with Gasteiger partial charge in [0.15, 0.2) is 0 Å². The molecule has 1 aliphatic carbocycles. The van der Waals surface area contributed by atoms with Gasteiger partial charge in [-0.3, -0.25) is 9.59 Å². The third-order valence-corrected chi connectivity index (χ3v) is 5.11. The maximum Gasteiger partial charge on any atom is 0.330 e. The lowest BCUT2D eigenvalue weighted by atomic mass is 9.92. The van der Waals surface area contributed by atoms with Crippen LogP contribution in [0.15, 0.2) is 54.6 Å². The fourth-order valence-corrected chi connectivity index (χ4v) is 3.66. The number of rotatable bonds is 8. The standard InChI is InChI=1S/C23H27NO7/c1-4-31-23(28)20-16(10-12-18(25)29-2)14-17(11-13-19(26)30-3)21(20)24-22(27)15-8-6-5-7-9-15/h5-13,16-17,20-21H,4,14H2,1-3H3,(H,24,27)/b12-10+,13-11+/t16-,17+,20-,21-/m0/s1. The third kappa shape index (κ3) is 6.53. The van der Waals surface area contributed by atoms with Gasteiger partial charge < -0.3 is 19.5 Å². The number of hydrogen-bond acceptors (Lipinski definition) is 7. The molecule has 0 unspecified atom stereocenters. The van der Waals surface area contributed by atoms with Crippen LogP contribution in [0.1, 0.15) is 23.7 Å². The zero-order valence-corrected chi connectivity index (χ0v) is 17.8. The van der Waals surface area contributed by atoms with E-state index in [1.165, 1.54) is 26.4 Å². The molecule has 1 aromatic carbocycles. The van der Waals surface area contributed by atoms with E-state index < -0.39 is 35.8 Å². The molecule has 0 radical (unpaired) electrons. The Morgan fingerprint density at radius 2 is 1.55 bits per heavy atom. The second kappa shape index (κ2) is 11.7. The molecule has 0 aromatic heterocycles. The molecule has 1 aromatic rings. The summed E-state index contributed by atoms with van der Waals surface area (Å²) in [5.74, 6) is -3.47. The summed E-state index contributed by atoms with van der Waals surface area (Å²) in [5, 5.41) is 2.91. The van der Waals surface area contributed by atoms with E-state index in [1.54, 1.807) is 49.4 Å². The predicted molar refractivity (Wildman–Crippen MR) is 112 cm³/mol. The van der Waals surface area contributed by atoms with Crippen molar-refractivity contribution in [2.24, 2.45) is 17.8 Å². The maximum atomic E-state index is 12.8. The highest BCUT2D eigenvalue weighted by molar-refractivity contribution is 5.95. The molecule has 4 atom stereocenters. The summed E-state index contributed by atoms with van der Waals surface area (Å²) >= 11 is 0. The van der Waals surface area contributed by atoms with Crippen LogP contribution in [0, 0.1) is 17.8 Å². The van der Waals surface area contributed by atoms with Crippen LogP contribution in [-0.2, 0) is 28.6 Å². The minimum Gasteiger partial charge on any atom is -0.466 e. The van der Waals surface area contributed by atoms with Crippen LogP contribution >= 0.6 is 0 Å². The van der Waals surface area contributed by atoms with Crippen LogP contribution in [0.4, 0.5) is 0 Å². The van der Waals surface area contributed by atoms with Gasteiger partial charge in [0.25, 0.3) is 5.91 Å². The van der Waals surface area contributed by atoms with Crippen LogP contribution in [0.3, 0.4) is 0 Å². The van der Waals surface area contributed by atoms with Crippen molar-refractivity contribution in [1.29, 1.82) is 0 Å². The van der Waals surface area contributed by atoms with Gasteiger partial charge in [0.2, 0.25) is 0 Å². The summed E-state index contributed by atoms with van der Waals surface area (Å²) in [4.78, 5) is 48.8. The van der Waals surface area contributed by atoms with Crippen LogP contribution in [0.5, 0.6) is 0 Å². The SMILES string of the molecule is CCOC(=O)[C@@H]1[C@@H](NC(=O)c2ccccc2)[C@H](/C=C/C(=O)OC)C[C@@H]1/C=C/C(=O)OC. The molecular weight excluding hydrogens is 402 g/mol. The van der Waals surface area contributed by atoms with E-state index in [-0.39, 0.29) is 18.4 Å². The molecule has 1 N–H and O–H groups in total. The largest absolute Gasteiger partial charge is 0.466 e. The lowest BCUT2D eigenvalue weighted by Crippen LogP contribution is -2.45. The number of allylic oxidation sites excluding steroid dienone is 1. The minimum atomic E-state index is -0.749. The summed E-state index contributed by atoms with van der Waals surface area (Å²) in [5.41, 5.74) is 0.439. The highest BCUT2D eigenvalue weighted by atomic mass is 16.5. The van der Waals surface area contributed by atoms with E-state index in [2.05, 4.69) is 14.8 Å². The second-order valence-electron chi connectivity index (χ2n) is 6.97. The number of amides is 1. The number of hydrogen-bond donors (Lipinski definition) is 1. The van der Waals surface area contributed by atoms with Gasteiger partial charge in [0.05, 0.1) is 26.7 Å². The molecule has 1 saturated carbocycles. The third-order valence-electron chi connectivity index (χ3n) is 5.11. The number of benzene rings is 1. The molecule has 1 fully saturated rings. The van der Waals surface area contributed by atoms with Crippen LogP contribution < -0.4 is 5.32 Å². The second-order valence-corrected chi connectivity index (χ2v) is 6.97. The number of ether oxygens (including phenoxy) is 3. The van der Waals surface area contributed by atoms with Crippen LogP contribution in [0.2, 0.25) is 0 Å². The molecule has 166 valence electrons. The van der Waals surface area contributed by atoms with Crippen molar-refractivity contribution in [3.63, 3.8) is 0 Å². The van der Waals surface area contributed by atoms with Gasteiger partial charge in [-0.1, -0.05) is 30.4 Å². The van der Waals surface area contributed by atoms with E-state index in [0.717, 1.165) is 0 Å². The van der Waals surface area contributed by atoms with Gasteiger partial charge in [-0.2, -0.15) is 0 Å².